The van der Waals surface area contributed by atoms with Gasteiger partial charge in [0.15, 0.2) is 17.3 Å². The second-order valence-electron chi connectivity index (χ2n) is 8.80. The highest BCUT2D eigenvalue weighted by atomic mass is 19.1. The van der Waals surface area contributed by atoms with E-state index in [4.69, 9.17) is 14.5 Å². The van der Waals surface area contributed by atoms with Gasteiger partial charge in [-0.25, -0.2) is 9.37 Å². The molecule has 6 nitrogen and oxygen atoms in total. The Morgan fingerprint density at radius 1 is 1.00 bits per heavy atom. The molecule has 5 rings (SSSR count). The third-order valence-electron chi connectivity index (χ3n) is 6.14. The molecule has 0 unspecified atom stereocenters. The summed E-state index contributed by atoms with van der Waals surface area (Å²) in [5.41, 5.74) is 3.47. The number of rotatable bonds is 9. The number of hydrogen-bond acceptors (Lipinski definition) is 5. The maximum Gasteiger partial charge on any atom is 0.282 e. The molecule has 1 heterocycles. The lowest BCUT2D eigenvalue weighted by Gasteiger charge is -2.16. The van der Waals surface area contributed by atoms with E-state index in [1.807, 2.05) is 48.5 Å². The topological polar surface area (TPSA) is 65.7 Å². The molecule has 0 saturated carbocycles. The zero-order valence-electron chi connectivity index (χ0n) is 21.4. The van der Waals surface area contributed by atoms with Crippen LogP contribution in [-0.2, 0) is 13.0 Å². The van der Waals surface area contributed by atoms with Crippen molar-refractivity contribution in [3.05, 3.63) is 137 Å². The van der Waals surface area contributed by atoms with E-state index in [9.17, 15) is 9.18 Å². The summed E-state index contributed by atoms with van der Waals surface area (Å²) in [6, 6.07) is 26.5. The fraction of sp³-hybridized carbons (Fsp3) is 0.0938. The van der Waals surface area contributed by atoms with Crippen LogP contribution >= 0.6 is 0 Å². The molecule has 0 saturated heterocycles. The Labute approximate surface area is 225 Å². The fourth-order valence-electron chi connectivity index (χ4n) is 4.25. The van der Waals surface area contributed by atoms with Crippen molar-refractivity contribution in [2.45, 2.75) is 13.0 Å². The molecule has 0 atom stereocenters. The molecule has 0 radical (unpaired) electrons. The number of nitrogens with zero attached hydrogens (tertiary/aromatic N) is 3. The van der Waals surface area contributed by atoms with Gasteiger partial charge in [0, 0.05) is 11.1 Å². The van der Waals surface area contributed by atoms with Crippen molar-refractivity contribution in [2.75, 3.05) is 7.11 Å². The van der Waals surface area contributed by atoms with E-state index in [0.717, 1.165) is 16.7 Å². The number of benzene rings is 4. The van der Waals surface area contributed by atoms with Gasteiger partial charge in [0.05, 0.1) is 24.2 Å². The summed E-state index contributed by atoms with van der Waals surface area (Å²) in [5, 5.41) is 5.05. The van der Waals surface area contributed by atoms with Gasteiger partial charge in [-0.3, -0.25) is 4.79 Å². The quantitative estimate of drug-likeness (QED) is 0.167. The van der Waals surface area contributed by atoms with Crippen molar-refractivity contribution in [1.82, 2.24) is 9.66 Å². The molecule has 4 aromatic carbocycles. The summed E-state index contributed by atoms with van der Waals surface area (Å²) >= 11 is 0. The highest BCUT2D eigenvalue weighted by molar-refractivity contribution is 5.83. The zero-order valence-corrected chi connectivity index (χ0v) is 21.4. The molecule has 0 N–H and O–H groups in total. The van der Waals surface area contributed by atoms with Crippen LogP contribution < -0.4 is 15.0 Å². The van der Waals surface area contributed by atoms with E-state index < -0.39 is 0 Å². The van der Waals surface area contributed by atoms with Crippen LogP contribution in [0.3, 0.4) is 0 Å². The Morgan fingerprint density at radius 3 is 2.49 bits per heavy atom. The van der Waals surface area contributed by atoms with Crippen molar-refractivity contribution in [3.8, 4) is 22.9 Å². The van der Waals surface area contributed by atoms with Crippen molar-refractivity contribution >= 4 is 17.1 Å². The van der Waals surface area contributed by atoms with Gasteiger partial charge in [-0.05, 0) is 53.9 Å². The summed E-state index contributed by atoms with van der Waals surface area (Å²) in [6.45, 7) is 4.11. The lowest BCUT2D eigenvalue weighted by Crippen LogP contribution is -2.20. The van der Waals surface area contributed by atoms with Crippen LogP contribution in [-0.4, -0.2) is 23.0 Å². The average Bonchev–Trinajstić information content (AvgIpc) is 2.97. The highest BCUT2D eigenvalue weighted by Crippen LogP contribution is 2.34. The molecule has 39 heavy (non-hydrogen) atoms. The Morgan fingerprint density at radius 2 is 1.74 bits per heavy atom. The molecule has 5 aromatic rings. The Hall–Kier alpha value is -5.04. The summed E-state index contributed by atoms with van der Waals surface area (Å²) in [7, 11) is 1.56. The van der Waals surface area contributed by atoms with Crippen molar-refractivity contribution in [3.63, 3.8) is 0 Å². The number of fused-ring (bicyclic) bond motifs is 1. The highest BCUT2D eigenvalue weighted by Gasteiger charge is 2.15. The fourth-order valence-corrected chi connectivity index (χ4v) is 4.25. The first kappa shape index (κ1) is 25.6. The van der Waals surface area contributed by atoms with Gasteiger partial charge >= 0.3 is 0 Å². The monoisotopic (exact) mass is 519 g/mol. The van der Waals surface area contributed by atoms with E-state index in [0.29, 0.717) is 40.2 Å². The van der Waals surface area contributed by atoms with E-state index in [-0.39, 0.29) is 18.0 Å². The molecule has 0 aliphatic rings. The minimum Gasteiger partial charge on any atom is -0.493 e. The van der Waals surface area contributed by atoms with Gasteiger partial charge in [-0.2, -0.15) is 9.78 Å². The molecular weight excluding hydrogens is 493 g/mol. The molecule has 0 aliphatic carbocycles. The molecular formula is C32H26FN3O3. The normalized spacial score (nSPS) is 11.1. The summed E-state index contributed by atoms with van der Waals surface area (Å²) in [4.78, 5) is 18.2. The van der Waals surface area contributed by atoms with Gasteiger partial charge in [-0.15, -0.1) is 6.58 Å². The van der Waals surface area contributed by atoms with Crippen LogP contribution in [0.5, 0.6) is 11.5 Å². The maximum absolute atomic E-state index is 13.5. The minimum absolute atomic E-state index is 0.243. The molecule has 1 aromatic heterocycles. The zero-order chi connectivity index (χ0) is 27.2. The molecule has 7 heteroatoms. The van der Waals surface area contributed by atoms with Crippen LogP contribution in [0, 0.1) is 5.82 Å². The van der Waals surface area contributed by atoms with Crippen LogP contribution in [0.15, 0.2) is 114 Å². The van der Waals surface area contributed by atoms with Crippen LogP contribution in [0.25, 0.3) is 22.3 Å². The molecule has 0 spiro atoms. The summed E-state index contributed by atoms with van der Waals surface area (Å²) < 4.78 is 26.3. The van der Waals surface area contributed by atoms with Crippen molar-refractivity contribution < 1.29 is 13.9 Å². The number of para-hydroxylation sites is 1. The second kappa shape index (κ2) is 11.6. The van der Waals surface area contributed by atoms with Crippen molar-refractivity contribution in [1.29, 1.82) is 0 Å². The smallest absolute Gasteiger partial charge is 0.282 e. The van der Waals surface area contributed by atoms with Gasteiger partial charge in [0.2, 0.25) is 0 Å². The van der Waals surface area contributed by atoms with E-state index in [1.165, 1.54) is 16.8 Å². The van der Waals surface area contributed by atoms with Crippen LogP contribution in [0.4, 0.5) is 4.39 Å². The summed E-state index contributed by atoms with van der Waals surface area (Å²) in [5.74, 6) is 1.20. The average molecular weight is 520 g/mol. The number of hydrogen-bond donors (Lipinski definition) is 0. The largest absolute Gasteiger partial charge is 0.493 e. The minimum atomic E-state index is -0.302. The number of allylic oxidation sites excluding steroid dienone is 1. The third kappa shape index (κ3) is 5.62. The first-order valence-electron chi connectivity index (χ1n) is 12.4. The molecule has 0 bridgehead atoms. The lowest BCUT2D eigenvalue weighted by molar-refractivity contribution is 0.282. The Bertz CT molecular complexity index is 1710. The van der Waals surface area contributed by atoms with E-state index in [1.54, 1.807) is 49.7 Å². The molecule has 0 amide bonds. The number of methoxy groups -OCH3 is 1. The lowest BCUT2D eigenvalue weighted by atomic mass is 10.1. The third-order valence-corrected chi connectivity index (χ3v) is 6.14. The molecule has 194 valence electrons. The summed E-state index contributed by atoms with van der Waals surface area (Å²) in [6.07, 6.45) is 3.89. The number of ether oxygens (including phenoxy) is 2. The Kier molecular flexibility index (Phi) is 7.59. The predicted octanol–water partition coefficient (Wildman–Crippen LogP) is 6.40. The van der Waals surface area contributed by atoms with Gasteiger partial charge in [-0.1, -0.05) is 60.7 Å². The van der Waals surface area contributed by atoms with Gasteiger partial charge in [0.1, 0.15) is 12.4 Å². The Balaban J connectivity index is 1.55. The maximum atomic E-state index is 13.5. The van der Waals surface area contributed by atoms with Crippen LogP contribution in [0.1, 0.15) is 16.7 Å². The van der Waals surface area contributed by atoms with Crippen LogP contribution in [0.2, 0.25) is 0 Å². The molecule has 0 aliphatic heterocycles. The van der Waals surface area contributed by atoms with Gasteiger partial charge < -0.3 is 9.47 Å². The van der Waals surface area contributed by atoms with E-state index >= 15 is 0 Å². The van der Waals surface area contributed by atoms with E-state index in [2.05, 4.69) is 11.7 Å². The first-order valence-corrected chi connectivity index (χ1v) is 12.4. The number of halogens is 1. The molecule has 0 fully saturated rings. The predicted molar refractivity (Wildman–Crippen MR) is 152 cm³/mol. The second-order valence-corrected chi connectivity index (χ2v) is 8.80. The standard InChI is InChI=1S/C32H26FN3O3/c1-3-9-25-18-23(19-29(38-2)30(25)39-21-22-14-16-26(33)17-15-22)20-34-36-31(24-10-5-4-6-11-24)35-28-13-8-7-12-27(28)32(36)37/h3-8,10-20H,1,9,21H2,2H3. The SMILES string of the molecule is C=CCc1cc(C=Nn2c(-c3ccccc3)nc3ccccc3c2=O)cc(OC)c1OCc1ccc(F)cc1. The van der Waals surface area contributed by atoms with Gasteiger partial charge in [0.25, 0.3) is 5.56 Å². The number of aromatic nitrogens is 2. The first-order chi connectivity index (χ1) is 19.1. The van der Waals surface area contributed by atoms with Crippen molar-refractivity contribution in [2.24, 2.45) is 5.10 Å².